The number of aryl methyl sites for hydroxylation is 1. The van der Waals surface area contributed by atoms with Crippen molar-refractivity contribution in [2.75, 3.05) is 18.4 Å². The zero-order valence-electron chi connectivity index (χ0n) is 13.5. The van der Waals surface area contributed by atoms with Crippen LogP contribution in [0.15, 0.2) is 29.2 Å². The van der Waals surface area contributed by atoms with Crippen LogP contribution in [-0.4, -0.2) is 33.1 Å². The van der Waals surface area contributed by atoms with Gasteiger partial charge in [-0.2, -0.15) is 0 Å². The van der Waals surface area contributed by atoms with E-state index < -0.39 is 16.0 Å². The number of anilines is 1. The summed E-state index contributed by atoms with van der Waals surface area (Å²) < 4.78 is 37.1. The highest BCUT2D eigenvalue weighted by Gasteiger charge is 2.18. The number of carbonyl (C=O) groups is 1. The van der Waals surface area contributed by atoms with Crippen molar-refractivity contribution in [1.29, 1.82) is 0 Å². The third kappa shape index (κ3) is 4.45. The van der Waals surface area contributed by atoms with E-state index in [4.69, 9.17) is 4.74 Å². The summed E-state index contributed by atoms with van der Waals surface area (Å²) in [6.07, 6.45) is 0.0603. The number of carbonyl (C=O) groups excluding carboxylic acids is 1. The predicted molar refractivity (Wildman–Crippen MR) is 91.0 cm³/mol. The molecule has 0 aliphatic carbocycles. The first-order chi connectivity index (χ1) is 11.4. The van der Waals surface area contributed by atoms with Crippen molar-refractivity contribution in [1.82, 2.24) is 4.98 Å². The summed E-state index contributed by atoms with van der Waals surface area (Å²) in [6, 6.07) is 6.11. The Bertz CT molecular complexity index is 813. The number of sulfonamides is 1. The van der Waals surface area contributed by atoms with Crippen molar-refractivity contribution in [3.63, 3.8) is 0 Å². The third-order valence-electron chi connectivity index (χ3n) is 3.09. The largest absolute Gasteiger partial charge is 0.494 e. The maximum atomic E-state index is 12.4. The number of rotatable bonds is 7. The number of nitrogens with zero attached hydrogens (tertiary/aromatic N) is 1. The van der Waals surface area contributed by atoms with Crippen LogP contribution in [0.2, 0.25) is 0 Å². The van der Waals surface area contributed by atoms with E-state index in [0.717, 1.165) is 11.3 Å². The number of aromatic nitrogens is 1. The predicted octanol–water partition coefficient (Wildman–Crippen LogP) is 2.37. The molecule has 2 aromatic rings. The fraction of sp³-hybridized carbons (Fsp3) is 0.333. The summed E-state index contributed by atoms with van der Waals surface area (Å²) in [7, 11) is -2.46. The molecular weight excluding hydrogens is 352 g/mol. The molecule has 7 nitrogen and oxygen atoms in total. The number of hydrogen-bond acceptors (Lipinski definition) is 7. The van der Waals surface area contributed by atoms with E-state index in [1.165, 1.54) is 19.2 Å². The van der Waals surface area contributed by atoms with Crippen LogP contribution in [0.1, 0.15) is 17.5 Å². The van der Waals surface area contributed by atoms with Crippen LogP contribution in [-0.2, 0) is 26.0 Å². The molecule has 0 saturated carbocycles. The Labute approximate surface area is 144 Å². The second kappa shape index (κ2) is 7.63. The van der Waals surface area contributed by atoms with Gasteiger partial charge in [-0.15, -0.1) is 11.3 Å². The van der Waals surface area contributed by atoms with Gasteiger partial charge in [0.05, 0.1) is 30.7 Å². The average Bonchev–Trinajstić information content (AvgIpc) is 2.86. The molecule has 130 valence electrons. The standard InChI is InChI=1S/C15H18N2O5S2/c1-4-22-11-5-7-12(8-6-11)24(19,20)17-15-16-10(2)13(23-15)9-14(18)21-3/h5-8H,4,9H2,1-3H3,(H,16,17). The van der Waals surface area contributed by atoms with Gasteiger partial charge in [0.15, 0.2) is 5.13 Å². The molecule has 0 amide bonds. The molecule has 1 aromatic heterocycles. The van der Waals surface area contributed by atoms with Gasteiger partial charge in [-0.25, -0.2) is 13.4 Å². The number of methoxy groups -OCH3 is 1. The van der Waals surface area contributed by atoms with Crippen LogP contribution in [0.25, 0.3) is 0 Å². The van der Waals surface area contributed by atoms with Crippen molar-refractivity contribution in [3.8, 4) is 5.75 Å². The Morgan fingerprint density at radius 3 is 2.54 bits per heavy atom. The molecule has 9 heteroatoms. The number of benzene rings is 1. The second-order valence-corrected chi connectivity index (χ2v) is 7.56. The number of esters is 1. The average molecular weight is 370 g/mol. The lowest BCUT2D eigenvalue weighted by Crippen LogP contribution is -2.12. The molecule has 24 heavy (non-hydrogen) atoms. The minimum atomic E-state index is -3.76. The smallest absolute Gasteiger partial charge is 0.310 e. The summed E-state index contributed by atoms with van der Waals surface area (Å²) >= 11 is 1.11. The molecule has 0 radical (unpaired) electrons. The van der Waals surface area contributed by atoms with Gasteiger partial charge in [-0.05, 0) is 38.1 Å². The highest BCUT2D eigenvalue weighted by molar-refractivity contribution is 7.93. The van der Waals surface area contributed by atoms with E-state index in [2.05, 4.69) is 14.4 Å². The Balaban J connectivity index is 2.17. The summed E-state index contributed by atoms with van der Waals surface area (Å²) in [5, 5.41) is 0.209. The molecule has 1 aromatic carbocycles. The normalized spacial score (nSPS) is 11.1. The van der Waals surface area contributed by atoms with Crippen LogP contribution in [0.4, 0.5) is 5.13 Å². The van der Waals surface area contributed by atoms with Gasteiger partial charge in [-0.3, -0.25) is 9.52 Å². The Morgan fingerprint density at radius 2 is 1.96 bits per heavy atom. The van der Waals surface area contributed by atoms with E-state index in [1.54, 1.807) is 19.1 Å². The molecule has 0 fully saturated rings. The topological polar surface area (TPSA) is 94.6 Å². The van der Waals surface area contributed by atoms with E-state index >= 15 is 0 Å². The lowest BCUT2D eigenvalue weighted by atomic mass is 10.3. The van der Waals surface area contributed by atoms with Crippen molar-refractivity contribution >= 4 is 32.5 Å². The lowest BCUT2D eigenvalue weighted by molar-refractivity contribution is -0.139. The van der Waals surface area contributed by atoms with Crippen molar-refractivity contribution in [2.45, 2.75) is 25.2 Å². The molecule has 1 heterocycles. The highest BCUT2D eigenvalue weighted by atomic mass is 32.2. The van der Waals surface area contributed by atoms with Crippen molar-refractivity contribution in [2.24, 2.45) is 0 Å². The SMILES string of the molecule is CCOc1ccc(S(=O)(=O)Nc2nc(C)c(CC(=O)OC)s2)cc1. The Kier molecular flexibility index (Phi) is 5.79. The maximum absolute atomic E-state index is 12.4. The monoisotopic (exact) mass is 370 g/mol. The molecule has 0 bridgehead atoms. The van der Waals surface area contributed by atoms with Gasteiger partial charge in [0, 0.05) is 4.88 Å². The first-order valence-corrected chi connectivity index (χ1v) is 9.44. The molecule has 1 N–H and O–H groups in total. The van der Waals surface area contributed by atoms with Gasteiger partial charge in [0.1, 0.15) is 5.75 Å². The zero-order valence-corrected chi connectivity index (χ0v) is 15.2. The van der Waals surface area contributed by atoms with E-state index in [9.17, 15) is 13.2 Å². The third-order valence-corrected chi connectivity index (χ3v) is 5.65. The van der Waals surface area contributed by atoms with Crippen LogP contribution in [0, 0.1) is 6.92 Å². The molecule has 0 spiro atoms. The molecule has 0 aliphatic rings. The zero-order chi connectivity index (χ0) is 17.7. The number of nitrogens with one attached hydrogen (secondary N) is 1. The second-order valence-electron chi connectivity index (χ2n) is 4.79. The summed E-state index contributed by atoms with van der Waals surface area (Å²) in [5.41, 5.74) is 0.592. The van der Waals surface area contributed by atoms with Gasteiger partial charge in [0.2, 0.25) is 0 Å². The fourth-order valence-electron chi connectivity index (χ4n) is 1.89. The Morgan fingerprint density at radius 1 is 1.29 bits per heavy atom. The molecule has 0 atom stereocenters. The molecule has 2 rings (SSSR count). The summed E-state index contributed by atoms with van der Waals surface area (Å²) in [6.45, 7) is 4.07. The minimum Gasteiger partial charge on any atom is -0.494 e. The van der Waals surface area contributed by atoms with Crippen molar-refractivity contribution in [3.05, 3.63) is 34.8 Å². The lowest BCUT2D eigenvalue weighted by Gasteiger charge is -2.07. The van der Waals surface area contributed by atoms with Crippen molar-refractivity contribution < 1.29 is 22.7 Å². The number of ether oxygens (including phenoxy) is 2. The Hall–Kier alpha value is -2.13. The van der Waals surface area contributed by atoms with Gasteiger partial charge >= 0.3 is 5.97 Å². The van der Waals surface area contributed by atoms with Crippen LogP contribution in [0.5, 0.6) is 5.75 Å². The minimum absolute atomic E-state index is 0.0603. The molecule has 0 saturated heterocycles. The van der Waals surface area contributed by atoms with Crippen LogP contribution in [0.3, 0.4) is 0 Å². The van der Waals surface area contributed by atoms with Crippen LogP contribution < -0.4 is 9.46 Å². The van der Waals surface area contributed by atoms with E-state index in [0.29, 0.717) is 22.9 Å². The first-order valence-electron chi connectivity index (χ1n) is 7.14. The molecule has 0 unspecified atom stereocenters. The highest BCUT2D eigenvalue weighted by Crippen LogP contribution is 2.26. The number of thiazole rings is 1. The van der Waals surface area contributed by atoms with Gasteiger partial charge < -0.3 is 9.47 Å². The van der Waals surface area contributed by atoms with Gasteiger partial charge in [-0.1, -0.05) is 0 Å². The van der Waals surface area contributed by atoms with E-state index in [1.807, 2.05) is 6.92 Å². The first kappa shape index (κ1) is 18.2. The maximum Gasteiger partial charge on any atom is 0.310 e. The van der Waals surface area contributed by atoms with Crippen LogP contribution >= 0.6 is 11.3 Å². The molecule has 0 aliphatic heterocycles. The fourth-order valence-corrected chi connectivity index (χ4v) is 4.08. The summed E-state index contributed by atoms with van der Waals surface area (Å²) in [4.78, 5) is 16.3. The number of hydrogen-bond donors (Lipinski definition) is 1. The van der Waals surface area contributed by atoms with Gasteiger partial charge in [0.25, 0.3) is 10.0 Å². The molecular formula is C15H18N2O5S2. The summed E-state index contributed by atoms with van der Waals surface area (Å²) in [5.74, 6) is 0.199. The van der Waals surface area contributed by atoms with E-state index in [-0.39, 0.29) is 16.4 Å². The quantitative estimate of drug-likeness (QED) is 0.752.